The maximum absolute atomic E-state index is 12.2. The predicted octanol–water partition coefficient (Wildman–Crippen LogP) is 3.54. The molecule has 0 saturated carbocycles. The van der Waals surface area contributed by atoms with Crippen molar-refractivity contribution in [2.24, 2.45) is 5.92 Å². The van der Waals surface area contributed by atoms with Crippen molar-refractivity contribution in [3.05, 3.63) is 36.7 Å². The maximum Gasteiger partial charge on any atom is 0.410 e. The summed E-state index contributed by atoms with van der Waals surface area (Å²) in [5.74, 6) is 0.326. The van der Waals surface area contributed by atoms with Crippen LogP contribution in [0.5, 0.6) is 6.01 Å². The van der Waals surface area contributed by atoms with Gasteiger partial charge >= 0.3 is 12.1 Å². The maximum atomic E-state index is 12.2. The molecule has 2 heterocycles. The van der Waals surface area contributed by atoms with E-state index in [1.807, 2.05) is 20.8 Å². The Kier molecular flexibility index (Phi) is 7.22. The van der Waals surface area contributed by atoms with E-state index in [0.29, 0.717) is 37.3 Å². The number of sulfonamides is 1. The van der Waals surface area contributed by atoms with Crippen molar-refractivity contribution < 1.29 is 22.7 Å². The monoisotopic (exact) mass is 462 g/mol. The highest BCUT2D eigenvalue weighted by molar-refractivity contribution is 7.92. The number of carbonyl (C=O) groups is 1. The van der Waals surface area contributed by atoms with Crippen LogP contribution in [0.25, 0.3) is 11.1 Å². The number of aromatic nitrogens is 2. The molecule has 9 nitrogen and oxygen atoms in total. The molecule has 10 heteroatoms. The number of amides is 1. The molecule has 32 heavy (non-hydrogen) atoms. The van der Waals surface area contributed by atoms with Crippen LogP contribution < -0.4 is 9.46 Å². The van der Waals surface area contributed by atoms with Crippen LogP contribution in [0.15, 0.2) is 36.7 Å². The Hall–Kier alpha value is -2.88. The van der Waals surface area contributed by atoms with Crippen LogP contribution in [0.4, 0.5) is 10.5 Å². The van der Waals surface area contributed by atoms with Crippen LogP contribution >= 0.6 is 0 Å². The molecule has 0 bridgehead atoms. The SMILES string of the molecule is CC(C)(C)OC(=O)N1CCC(COc2ncc(-c3ccc(NS(C)(=O)=O)cc3)cn2)CC1. The van der Waals surface area contributed by atoms with Crippen LogP contribution in [-0.2, 0) is 14.8 Å². The summed E-state index contributed by atoms with van der Waals surface area (Å²) in [7, 11) is -3.31. The molecular formula is C22H30N4O5S. The highest BCUT2D eigenvalue weighted by atomic mass is 32.2. The van der Waals surface area contributed by atoms with E-state index in [1.54, 1.807) is 41.6 Å². The minimum absolute atomic E-state index is 0.268. The summed E-state index contributed by atoms with van der Waals surface area (Å²) in [6.45, 7) is 7.37. The minimum Gasteiger partial charge on any atom is -0.463 e. The number of nitrogens with zero attached hydrogens (tertiary/aromatic N) is 3. The zero-order valence-electron chi connectivity index (χ0n) is 18.9. The van der Waals surface area contributed by atoms with Gasteiger partial charge in [-0.15, -0.1) is 0 Å². The number of anilines is 1. The van der Waals surface area contributed by atoms with Crippen molar-refractivity contribution in [3.63, 3.8) is 0 Å². The summed E-state index contributed by atoms with van der Waals surface area (Å²) in [5, 5.41) is 0. The van der Waals surface area contributed by atoms with Gasteiger partial charge in [0.05, 0.1) is 12.9 Å². The van der Waals surface area contributed by atoms with E-state index in [2.05, 4.69) is 14.7 Å². The van der Waals surface area contributed by atoms with E-state index in [0.717, 1.165) is 30.2 Å². The molecule has 0 radical (unpaired) electrons. The smallest absolute Gasteiger partial charge is 0.410 e. The van der Waals surface area contributed by atoms with Gasteiger partial charge in [-0.1, -0.05) is 12.1 Å². The van der Waals surface area contributed by atoms with Crippen LogP contribution in [0.1, 0.15) is 33.6 Å². The molecule has 1 aliphatic rings. The Balaban J connectivity index is 1.47. The number of carbonyl (C=O) groups excluding carboxylic acids is 1. The summed E-state index contributed by atoms with van der Waals surface area (Å²) in [6, 6.07) is 7.27. The van der Waals surface area contributed by atoms with E-state index < -0.39 is 15.6 Å². The molecule has 0 unspecified atom stereocenters. The molecule has 1 amide bonds. The normalized spacial score (nSPS) is 15.3. The predicted molar refractivity (Wildman–Crippen MR) is 122 cm³/mol. The molecule has 174 valence electrons. The second kappa shape index (κ2) is 9.72. The van der Waals surface area contributed by atoms with Gasteiger partial charge in [-0.05, 0) is 57.2 Å². The van der Waals surface area contributed by atoms with Gasteiger partial charge < -0.3 is 14.4 Å². The molecule has 3 rings (SSSR count). The van der Waals surface area contributed by atoms with Crippen molar-refractivity contribution in [1.29, 1.82) is 0 Å². The fraction of sp³-hybridized carbons (Fsp3) is 0.500. The number of hydrogen-bond donors (Lipinski definition) is 1. The van der Waals surface area contributed by atoms with Crippen molar-refractivity contribution in [2.75, 3.05) is 30.7 Å². The average molecular weight is 463 g/mol. The zero-order valence-corrected chi connectivity index (χ0v) is 19.7. The number of piperidine rings is 1. The standard InChI is InChI=1S/C22H30N4O5S/c1-22(2,3)31-21(27)26-11-9-16(10-12-26)15-30-20-23-13-18(14-24-20)17-5-7-19(8-6-17)25-32(4,28)29/h5-8,13-14,16,25H,9-12,15H2,1-4H3. The third kappa shape index (κ3) is 7.37. The van der Waals surface area contributed by atoms with E-state index in [9.17, 15) is 13.2 Å². The summed E-state index contributed by atoms with van der Waals surface area (Å²) in [5.41, 5.74) is 1.67. The first-order valence-corrected chi connectivity index (χ1v) is 12.4. The van der Waals surface area contributed by atoms with Crippen molar-refractivity contribution in [3.8, 4) is 17.1 Å². The van der Waals surface area contributed by atoms with E-state index in [-0.39, 0.29) is 6.09 Å². The van der Waals surface area contributed by atoms with Crippen LogP contribution in [0.3, 0.4) is 0 Å². The Bertz CT molecular complexity index is 1010. The number of hydrogen-bond acceptors (Lipinski definition) is 7. The lowest BCUT2D eigenvalue weighted by Gasteiger charge is -2.33. The lowest BCUT2D eigenvalue weighted by Crippen LogP contribution is -2.42. The molecule has 1 aromatic heterocycles. The lowest BCUT2D eigenvalue weighted by atomic mass is 9.98. The number of likely N-dealkylation sites (tertiary alicyclic amines) is 1. The van der Waals surface area contributed by atoms with E-state index in [1.165, 1.54) is 0 Å². The second-order valence-electron chi connectivity index (χ2n) is 8.93. The number of rotatable bonds is 6. The highest BCUT2D eigenvalue weighted by Gasteiger charge is 2.27. The number of ether oxygens (including phenoxy) is 2. The van der Waals surface area contributed by atoms with Gasteiger partial charge in [-0.25, -0.2) is 23.2 Å². The van der Waals surface area contributed by atoms with Gasteiger partial charge in [-0.3, -0.25) is 4.72 Å². The fourth-order valence-electron chi connectivity index (χ4n) is 3.29. The molecule has 1 saturated heterocycles. The Morgan fingerprint density at radius 1 is 1.09 bits per heavy atom. The molecule has 0 spiro atoms. The van der Waals surface area contributed by atoms with E-state index in [4.69, 9.17) is 9.47 Å². The minimum atomic E-state index is -3.31. The fourth-order valence-corrected chi connectivity index (χ4v) is 3.85. The summed E-state index contributed by atoms with van der Waals surface area (Å²) in [6.07, 6.45) is 5.86. The Morgan fingerprint density at radius 3 is 2.22 bits per heavy atom. The molecular weight excluding hydrogens is 432 g/mol. The van der Waals surface area contributed by atoms with Gasteiger partial charge in [0.15, 0.2) is 0 Å². The summed E-state index contributed by atoms with van der Waals surface area (Å²) < 4.78 is 36.2. The van der Waals surface area contributed by atoms with Gasteiger partial charge in [-0.2, -0.15) is 0 Å². The zero-order chi connectivity index (χ0) is 23.4. The Morgan fingerprint density at radius 2 is 1.69 bits per heavy atom. The quantitative estimate of drug-likeness (QED) is 0.699. The van der Waals surface area contributed by atoms with Gasteiger partial charge in [0.25, 0.3) is 0 Å². The third-order valence-corrected chi connectivity index (χ3v) is 5.47. The third-order valence-electron chi connectivity index (χ3n) is 4.86. The van der Waals surface area contributed by atoms with Gasteiger partial charge in [0.1, 0.15) is 5.60 Å². The van der Waals surface area contributed by atoms with Crippen molar-refractivity contribution >= 4 is 21.8 Å². The summed E-state index contributed by atoms with van der Waals surface area (Å²) >= 11 is 0. The first-order chi connectivity index (χ1) is 15.0. The van der Waals surface area contributed by atoms with Gasteiger partial charge in [0, 0.05) is 36.7 Å². The summed E-state index contributed by atoms with van der Waals surface area (Å²) in [4.78, 5) is 22.4. The second-order valence-corrected chi connectivity index (χ2v) is 10.7. The van der Waals surface area contributed by atoms with Gasteiger partial charge in [0.2, 0.25) is 10.0 Å². The van der Waals surface area contributed by atoms with Crippen molar-refractivity contribution in [2.45, 2.75) is 39.2 Å². The van der Waals surface area contributed by atoms with E-state index >= 15 is 0 Å². The molecule has 1 fully saturated rings. The molecule has 0 aliphatic carbocycles. The average Bonchev–Trinajstić information content (AvgIpc) is 2.71. The molecule has 1 N–H and O–H groups in total. The number of benzene rings is 1. The number of nitrogens with one attached hydrogen (secondary N) is 1. The van der Waals surface area contributed by atoms with Crippen LogP contribution in [0, 0.1) is 5.92 Å². The first kappa shape index (κ1) is 23.8. The highest BCUT2D eigenvalue weighted by Crippen LogP contribution is 2.23. The molecule has 2 aromatic rings. The van der Waals surface area contributed by atoms with Crippen LogP contribution in [0.2, 0.25) is 0 Å². The molecule has 1 aliphatic heterocycles. The van der Waals surface area contributed by atoms with Crippen molar-refractivity contribution in [1.82, 2.24) is 14.9 Å². The topological polar surface area (TPSA) is 111 Å². The molecule has 1 aromatic carbocycles. The first-order valence-electron chi connectivity index (χ1n) is 10.5. The molecule has 0 atom stereocenters. The van der Waals surface area contributed by atoms with Crippen LogP contribution in [-0.4, -0.2) is 60.9 Å². The largest absolute Gasteiger partial charge is 0.463 e. The Labute approximate surface area is 189 Å². The lowest BCUT2D eigenvalue weighted by molar-refractivity contribution is 0.0163.